The number of rotatable bonds is 6. The first-order valence-electron chi connectivity index (χ1n) is 6.87. The smallest absolute Gasteiger partial charge is 0.409 e. The van der Waals surface area contributed by atoms with Crippen molar-refractivity contribution >= 4 is 28.9 Å². The molecule has 7 heteroatoms. The second-order valence-electron chi connectivity index (χ2n) is 4.75. The van der Waals surface area contributed by atoms with Crippen LogP contribution in [-0.4, -0.2) is 53.5 Å². The number of nitrogens with one attached hydrogen (secondary N) is 1. The fourth-order valence-corrected chi connectivity index (χ4v) is 2.29. The van der Waals surface area contributed by atoms with E-state index in [4.69, 9.17) is 4.74 Å². The van der Waals surface area contributed by atoms with E-state index in [1.807, 2.05) is 6.92 Å². The SMILES string of the molecule is CCCCOC(=O)N1CC[C@@H](NC(=O)CSC(C)=O)C1. The third-order valence-corrected chi connectivity index (χ3v) is 3.75. The highest BCUT2D eigenvalue weighted by atomic mass is 32.2. The molecule has 6 nitrogen and oxygen atoms in total. The summed E-state index contributed by atoms with van der Waals surface area (Å²) in [5, 5.41) is 2.75. The molecule has 1 N–H and O–H groups in total. The molecule has 0 saturated carbocycles. The average Bonchev–Trinajstić information content (AvgIpc) is 2.85. The number of carbonyl (C=O) groups is 3. The molecular weight excluding hydrogens is 280 g/mol. The zero-order valence-corrected chi connectivity index (χ0v) is 12.8. The Hall–Kier alpha value is -1.24. The second-order valence-corrected chi connectivity index (χ2v) is 5.90. The van der Waals surface area contributed by atoms with Gasteiger partial charge in [-0.1, -0.05) is 25.1 Å². The highest BCUT2D eigenvalue weighted by molar-refractivity contribution is 8.14. The summed E-state index contributed by atoms with van der Waals surface area (Å²) in [5.41, 5.74) is 0. The standard InChI is InChI=1S/C13H22N2O4S/c1-3-4-7-19-13(18)15-6-5-11(8-15)14-12(17)9-20-10(2)16/h11H,3-9H2,1-2H3,(H,14,17)/t11-/m1/s1. The predicted molar refractivity (Wildman–Crippen MR) is 77.5 cm³/mol. The molecule has 2 amide bonds. The molecule has 1 saturated heterocycles. The normalized spacial score (nSPS) is 17.9. The van der Waals surface area contributed by atoms with Crippen LogP contribution in [-0.2, 0) is 14.3 Å². The van der Waals surface area contributed by atoms with Gasteiger partial charge in [-0.2, -0.15) is 0 Å². The van der Waals surface area contributed by atoms with Gasteiger partial charge >= 0.3 is 6.09 Å². The Kier molecular flexibility index (Phi) is 7.43. The van der Waals surface area contributed by atoms with Crippen molar-refractivity contribution in [2.24, 2.45) is 0 Å². The molecule has 1 fully saturated rings. The molecule has 1 heterocycles. The molecule has 0 aromatic rings. The van der Waals surface area contributed by atoms with Gasteiger partial charge in [0.15, 0.2) is 5.12 Å². The Morgan fingerprint density at radius 1 is 1.40 bits per heavy atom. The van der Waals surface area contributed by atoms with E-state index in [9.17, 15) is 14.4 Å². The minimum absolute atomic E-state index is 0.0474. The molecule has 0 aromatic carbocycles. The molecule has 1 aliphatic heterocycles. The lowest BCUT2D eigenvalue weighted by Crippen LogP contribution is -2.39. The molecule has 0 radical (unpaired) electrons. The number of carbonyl (C=O) groups excluding carboxylic acids is 3. The number of ether oxygens (including phenoxy) is 1. The van der Waals surface area contributed by atoms with E-state index in [1.54, 1.807) is 4.90 Å². The van der Waals surface area contributed by atoms with Crippen LogP contribution < -0.4 is 5.32 Å². The fourth-order valence-electron chi connectivity index (χ4n) is 1.88. The van der Waals surface area contributed by atoms with Crippen LogP contribution in [0.25, 0.3) is 0 Å². The molecule has 0 aromatic heterocycles. The molecule has 1 atom stereocenters. The fraction of sp³-hybridized carbons (Fsp3) is 0.769. The summed E-state index contributed by atoms with van der Waals surface area (Å²) in [6.07, 6.45) is 2.26. The van der Waals surface area contributed by atoms with E-state index in [0.717, 1.165) is 31.0 Å². The summed E-state index contributed by atoms with van der Waals surface area (Å²) in [7, 11) is 0. The third-order valence-electron chi connectivity index (χ3n) is 2.94. The summed E-state index contributed by atoms with van der Waals surface area (Å²) in [5.74, 6) is -0.0383. The Bertz CT molecular complexity index is 362. The van der Waals surface area contributed by atoms with Crippen LogP contribution in [0.1, 0.15) is 33.1 Å². The number of thioether (sulfide) groups is 1. The molecule has 20 heavy (non-hydrogen) atoms. The first kappa shape index (κ1) is 16.8. The summed E-state index contributed by atoms with van der Waals surface area (Å²) >= 11 is 0.987. The van der Waals surface area contributed by atoms with E-state index in [2.05, 4.69) is 5.32 Å². The van der Waals surface area contributed by atoms with Gasteiger partial charge in [-0.15, -0.1) is 0 Å². The monoisotopic (exact) mass is 302 g/mol. The van der Waals surface area contributed by atoms with Crippen molar-refractivity contribution in [2.45, 2.75) is 39.2 Å². The maximum Gasteiger partial charge on any atom is 0.409 e. The Morgan fingerprint density at radius 2 is 2.15 bits per heavy atom. The lowest BCUT2D eigenvalue weighted by atomic mass is 10.2. The van der Waals surface area contributed by atoms with Crippen LogP contribution in [0.15, 0.2) is 0 Å². The van der Waals surface area contributed by atoms with Gasteiger partial charge < -0.3 is 15.0 Å². The van der Waals surface area contributed by atoms with Gasteiger partial charge in [-0.05, 0) is 12.8 Å². The van der Waals surface area contributed by atoms with E-state index < -0.39 is 0 Å². The van der Waals surface area contributed by atoms with E-state index in [-0.39, 0.29) is 28.9 Å². The summed E-state index contributed by atoms with van der Waals surface area (Å²) in [4.78, 5) is 35.7. The van der Waals surface area contributed by atoms with Crippen molar-refractivity contribution in [3.8, 4) is 0 Å². The van der Waals surface area contributed by atoms with E-state index in [0.29, 0.717) is 19.7 Å². The van der Waals surface area contributed by atoms with E-state index >= 15 is 0 Å². The molecule has 0 bridgehead atoms. The van der Waals surface area contributed by atoms with Crippen molar-refractivity contribution < 1.29 is 19.1 Å². The molecule has 1 rings (SSSR count). The van der Waals surface area contributed by atoms with Gasteiger partial charge in [0, 0.05) is 26.1 Å². The molecule has 1 aliphatic rings. The van der Waals surface area contributed by atoms with Gasteiger partial charge in [0.25, 0.3) is 0 Å². The topological polar surface area (TPSA) is 75.7 Å². The van der Waals surface area contributed by atoms with Gasteiger partial charge in [0.1, 0.15) is 0 Å². The molecule has 0 spiro atoms. The van der Waals surface area contributed by atoms with Crippen molar-refractivity contribution in [1.29, 1.82) is 0 Å². The number of likely N-dealkylation sites (tertiary alicyclic amines) is 1. The van der Waals surface area contributed by atoms with Crippen LogP contribution in [0.3, 0.4) is 0 Å². The van der Waals surface area contributed by atoms with Crippen molar-refractivity contribution in [3.05, 3.63) is 0 Å². The van der Waals surface area contributed by atoms with Crippen LogP contribution in [0.2, 0.25) is 0 Å². The van der Waals surface area contributed by atoms with Gasteiger partial charge in [-0.25, -0.2) is 4.79 Å². The molecule has 0 unspecified atom stereocenters. The number of unbranched alkanes of at least 4 members (excludes halogenated alkanes) is 1. The third kappa shape index (κ3) is 6.27. The second kappa shape index (κ2) is 8.84. The molecular formula is C13H22N2O4S. The van der Waals surface area contributed by atoms with Crippen LogP contribution in [0.4, 0.5) is 4.79 Å². The first-order chi connectivity index (χ1) is 9.52. The highest BCUT2D eigenvalue weighted by Crippen LogP contribution is 2.11. The van der Waals surface area contributed by atoms with Crippen molar-refractivity contribution in [1.82, 2.24) is 10.2 Å². The van der Waals surface area contributed by atoms with Crippen molar-refractivity contribution in [3.63, 3.8) is 0 Å². The number of amides is 2. The van der Waals surface area contributed by atoms with Gasteiger partial charge in [0.2, 0.25) is 5.91 Å². The van der Waals surface area contributed by atoms with E-state index in [1.165, 1.54) is 6.92 Å². The number of hydrogen-bond acceptors (Lipinski definition) is 5. The minimum Gasteiger partial charge on any atom is -0.449 e. The molecule has 114 valence electrons. The maximum absolute atomic E-state index is 11.7. The number of hydrogen-bond donors (Lipinski definition) is 1. The summed E-state index contributed by atoms with van der Waals surface area (Å²) < 4.78 is 5.12. The predicted octanol–water partition coefficient (Wildman–Crippen LogP) is 1.39. The lowest BCUT2D eigenvalue weighted by Gasteiger charge is -2.16. The van der Waals surface area contributed by atoms with Crippen LogP contribution >= 0.6 is 11.8 Å². The Morgan fingerprint density at radius 3 is 2.80 bits per heavy atom. The number of nitrogens with zero attached hydrogens (tertiary/aromatic N) is 1. The Labute approximate surface area is 123 Å². The van der Waals surface area contributed by atoms with Crippen LogP contribution in [0.5, 0.6) is 0 Å². The zero-order valence-electron chi connectivity index (χ0n) is 12.0. The van der Waals surface area contributed by atoms with Crippen molar-refractivity contribution in [2.75, 3.05) is 25.4 Å². The average molecular weight is 302 g/mol. The zero-order chi connectivity index (χ0) is 15.0. The first-order valence-corrected chi connectivity index (χ1v) is 7.86. The highest BCUT2D eigenvalue weighted by Gasteiger charge is 2.28. The summed E-state index contributed by atoms with van der Waals surface area (Å²) in [6.45, 7) is 4.98. The van der Waals surface area contributed by atoms with Gasteiger partial charge in [-0.3, -0.25) is 9.59 Å². The quantitative estimate of drug-likeness (QED) is 0.750. The Balaban J connectivity index is 2.23. The van der Waals surface area contributed by atoms with Gasteiger partial charge in [0.05, 0.1) is 12.4 Å². The largest absolute Gasteiger partial charge is 0.449 e. The summed E-state index contributed by atoms with van der Waals surface area (Å²) in [6, 6.07) is -0.0474. The minimum atomic E-state index is -0.312. The molecule has 0 aliphatic carbocycles. The van der Waals surface area contributed by atoms with Crippen LogP contribution in [0, 0.1) is 0 Å². The maximum atomic E-state index is 11.7. The lowest BCUT2D eigenvalue weighted by molar-refractivity contribution is -0.119.